The summed E-state index contributed by atoms with van der Waals surface area (Å²) < 4.78 is 4.98. The van der Waals surface area contributed by atoms with Gasteiger partial charge in [-0.25, -0.2) is 4.79 Å². The number of nitrogens with one attached hydrogen (secondary N) is 2. The molecule has 3 amide bonds. The molecule has 11 heteroatoms. The highest BCUT2D eigenvalue weighted by atomic mass is 35.5. The number of aromatic nitrogens is 2. The van der Waals surface area contributed by atoms with Crippen LogP contribution >= 0.6 is 22.9 Å². The first-order chi connectivity index (χ1) is 14.0. The molecule has 29 heavy (non-hydrogen) atoms. The third kappa shape index (κ3) is 5.78. The number of hydrogen-bond donors (Lipinski definition) is 2. The van der Waals surface area contributed by atoms with Crippen molar-refractivity contribution in [2.45, 2.75) is 19.6 Å². The quantitative estimate of drug-likeness (QED) is 0.717. The highest BCUT2D eigenvalue weighted by Gasteiger charge is 2.24. The van der Waals surface area contributed by atoms with Crippen molar-refractivity contribution in [3.8, 4) is 0 Å². The van der Waals surface area contributed by atoms with Crippen LogP contribution in [0.3, 0.4) is 0 Å². The van der Waals surface area contributed by atoms with Crippen molar-refractivity contribution in [3.05, 3.63) is 34.3 Å². The van der Waals surface area contributed by atoms with Gasteiger partial charge in [0, 0.05) is 44.0 Å². The van der Waals surface area contributed by atoms with E-state index in [1.165, 1.54) is 11.3 Å². The Kier molecular flexibility index (Phi) is 7.24. The van der Waals surface area contributed by atoms with Crippen molar-refractivity contribution in [1.29, 1.82) is 0 Å². The van der Waals surface area contributed by atoms with Crippen molar-refractivity contribution in [3.63, 3.8) is 0 Å². The molecule has 0 aliphatic carbocycles. The maximum Gasteiger partial charge on any atom is 0.318 e. The summed E-state index contributed by atoms with van der Waals surface area (Å²) in [5.41, 5.74) is 1.04. The summed E-state index contributed by atoms with van der Waals surface area (Å²) in [6.07, 6.45) is 0. The molecule has 1 aromatic carbocycles. The van der Waals surface area contributed by atoms with Gasteiger partial charge in [0.2, 0.25) is 11.0 Å². The first kappa shape index (κ1) is 21.3. The first-order valence-corrected chi connectivity index (χ1v) is 10.3. The van der Waals surface area contributed by atoms with Crippen molar-refractivity contribution in [1.82, 2.24) is 20.4 Å². The van der Waals surface area contributed by atoms with E-state index in [1.807, 2.05) is 24.3 Å². The minimum atomic E-state index is -0.705. The minimum Gasteiger partial charge on any atom is -0.377 e. The molecule has 9 nitrogen and oxygen atoms in total. The predicted molar refractivity (Wildman–Crippen MR) is 112 cm³/mol. The van der Waals surface area contributed by atoms with Gasteiger partial charge in [-0.2, -0.15) is 0 Å². The molecule has 0 radical (unpaired) electrons. The Morgan fingerprint density at radius 2 is 2.03 bits per heavy atom. The highest BCUT2D eigenvalue weighted by Crippen LogP contribution is 2.21. The number of piperazine rings is 1. The van der Waals surface area contributed by atoms with Gasteiger partial charge in [0.15, 0.2) is 0 Å². The Hall–Kier alpha value is -2.43. The molecule has 156 valence electrons. The number of carbonyl (C=O) groups excluding carboxylic acids is 2. The number of urea groups is 1. The predicted octanol–water partition coefficient (Wildman–Crippen LogP) is 2.20. The Labute approximate surface area is 178 Å². The molecule has 0 saturated carbocycles. The van der Waals surface area contributed by atoms with Crippen LogP contribution in [0.2, 0.25) is 5.02 Å². The molecule has 2 heterocycles. The summed E-state index contributed by atoms with van der Waals surface area (Å²) in [7, 11) is 1.56. The number of rotatable bonds is 6. The number of anilines is 2. The molecule has 1 saturated heterocycles. The van der Waals surface area contributed by atoms with E-state index in [1.54, 1.807) is 18.9 Å². The number of ether oxygens (including phenoxy) is 1. The lowest BCUT2D eigenvalue weighted by Crippen LogP contribution is -2.54. The van der Waals surface area contributed by atoms with Crippen molar-refractivity contribution in [2.75, 3.05) is 43.5 Å². The van der Waals surface area contributed by atoms with Crippen LogP contribution in [0, 0.1) is 0 Å². The van der Waals surface area contributed by atoms with Crippen molar-refractivity contribution < 1.29 is 14.3 Å². The standard InChI is InChI=1S/C18H23ClN6O3S/c1-12(16(26)21-17-23-22-15(29-17)11-28-2)20-18(27)25-8-6-24(7-9-25)14-5-3-4-13(19)10-14/h3-5,10,12H,6-9,11H2,1-2H3,(H,20,27)(H,21,23,26). The van der Waals surface area contributed by atoms with Gasteiger partial charge in [-0.3, -0.25) is 10.1 Å². The van der Waals surface area contributed by atoms with Gasteiger partial charge in [0.25, 0.3) is 0 Å². The fourth-order valence-corrected chi connectivity index (χ4v) is 3.78. The van der Waals surface area contributed by atoms with Gasteiger partial charge in [0.1, 0.15) is 17.7 Å². The van der Waals surface area contributed by atoms with E-state index in [0.717, 1.165) is 5.69 Å². The van der Waals surface area contributed by atoms with Crippen LogP contribution in [0.25, 0.3) is 0 Å². The summed E-state index contributed by atoms with van der Waals surface area (Å²) in [5, 5.41) is 14.9. The zero-order chi connectivity index (χ0) is 20.8. The third-order valence-electron chi connectivity index (χ3n) is 4.44. The number of benzene rings is 1. The van der Waals surface area contributed by atoms with Gasteiger partial charge >= 0.3 is 6.03 Å². The zero-order valence-corrected chi connectivity index (χ0v) is 17.8. The smallest absolute Gasteiger partial charge is 0.318 e. The summed E-state index contributed by atoms with van der Waals surface area (Å²) in [6.45, 7) is 4.48. The maximum absolute atomic E-state index is 12.5. The van der Waals surface area contributed by atoms with Crippen molar-refractivity contribution >= 4 is 45.7 Å². The summed E-state index contributed by atoms with van der Waals surface area (Å²) in [5.74, 6) is -0.351. The third-order valence-corrected chi connectivity index (χ3v) is 5.49. The second-order valence-electron chi connectivity index (χ2n) is 6.55. The van der Waals surface area contributed by atoms with Crippen LogP contribution in [0.1, 0.15) is 11.9 Å². The van der Waals surface area contributed by atoms with Gasteiger partial charge in [-0.05, 0) is 25.1 Å². The fourth-order valence-electron chi connectivity index (χ4n) is 2.88. The number of amides is 3. The monoisotopic (exact) mass is 438 g/mol. The van der Waals surface area contributed by atoms with Crippen LogP contribution in [-0.4, -0.2) is 66.4 Å². The van der Waals surface area contributed by atoms with E-state index < -0.39 is 6.04 Å². The molecule has 2 N–H and O–H groups in total. The molecule has 1 atom stereocenters. The highest BCUT2D eigenvalue weighted by molar-refractivity contribution is 7.15. The lowest BCUT2D eigenvalue weighted by molar-refractivity contribution is -0.117. The topological polar surface area (TPSA) is 99.7 Å². The molecular formula is C18H23ClN6O3S. The number of hydrogen-bond acceptors (Lipinski definition) is 7. The number of methoxy groups -OCH3 is 1. The van der Waals surface area contributed by atoms with Gasteiger partial charge in [-0.15, -0.1) is 10.2 Å². The number of carbonyl (C=O) groups is 2. The Morgan fingerprint density at radius 3 is 2.72 bits per heavy atom. The van der Waals surface area contributed by atoms with Crippen LogP contribution < -0.4 is 15.5 Å². The Balaban J connectivity index is 1.46. The van der Waals surface area contributed by atoms with E-state index in [-0.39, 0.29) is 11.9 Å². The number of nitrogens with zero attached hydrogens (tertiary/aromatic N) is 4. The van der Waals surface area contributed by atoms with E-state index >= 15 is 0 Å². The average molecular weight is 439 g/mol. The van der Waals surface area contributed by atoms with Crippen LogP contribution in [0.5, 0.6) is 0 Å². The average Bonchev–Trinajstić information content (AvgIpc) is 3.15. The molecular weight excluding hydrogens is 416 g/mol. The van der Waals surface area contributed by atoms with Gasteiger partial charge in [0.05, 0.1) is 0 Å². The van der Waals surface area contributed by atoms with Crippen LogP contribution in [-0.2, 0) is 16.1 Å². The van der Waals surface area contributed by atoms with Crippen molar-refractivity contribution in [2.24, 2.45) is 0 Å². The Bertz CT molecular complexity index is 856. The summed E-state index contributed by atoms with van der Waals surface area (Å²) in [6, 6.07) is 6.68. The zero-order valence-electron chi connectivity index (χ0n) is 16.2. The summed E-state index contributed by atoms with van der Waals surface area (Å²) >= 11 is 7.28. The largest absolute Gasteiger partial charge is 0.377 e. The first-order valence-electron chi connectivity index (χ1n) is 9.14. The molecule has 1 aromatic heterocycles. The van der Waals surface area contributed by atoms with Gasteiger partial charge < -0.3 is 19.9 Å². The van der Waals surface area contributed by atoms with E-state index in [0.29, 0.717) is 47.9 Å². The lowest BCUT2D eigenvalue weighted by Gasteiger charge is -2.36. The fraction of sp³-hybridized carbons (Fsp3) is 0.444. The van der Waals surface area contributed by atoms with E-state index in [2.05, 4.69) is 25.7 Å². The molecule has 1 aliphatic heterocycles. The normalized spacial score (nSPS) is 15.1. The SMILES string of the molecule is COCc1nnc(NC(=O)C(C)NC(=O)N2CCN(c3cccc(Cl)c3)CC2)s1. The van der Waals surface area contributed by atoms with E-state index in [9.17, 15) is 9.59 Å². The molecule has 0 bridgehead atoms. The lowest BCUT2D eigenvalue weighted by atomic mass is 10.2. The molecule has 0 spiro atoms. The number of halogens is 1. The van der Waals surface area contributed by atoms with E-state index in [4.69, 9.17) is 16.3 Å². The minimum absolute atomic E-state index is 0.268. The molecule has 1 unspecified atom stereocenters. The second kappa shape index (κ2) is 9.86. The Morgan fingerprint density at radius 1 is 1.28 bits per heavy atom. The van der Waals surface area contributed by atoms with Crippen LogP contribution in [0.15, 0.2) is 24.3 Å². The molecule has 1 aliphatic rings. The molecule has 3 rings (SSSR count). The second-order valence-corrected chi connectivity index (χ2v) is 8.05. The summed E-state index contributed by atoms with van der Waals surface area (Å²) in [4.78, 5) is 28.7. The van der Waals surface area contributed by atoms with Gasteiger partial charge in [-0.1, -0.05) is 29.0 Å². The molecule has 1 fully saturated rings. The molecule has 2 aromatic rings. The van der Waals surface area contributed by atoms with Crippen LogP contribution in [0.4, 0.5) is 15.6 Å². The maximum atomic E-state index is 12.5.